The Labute approximate surface area is 236 Å². The van der Waals surface area contributed by atoms with Crippen LogP contribution in [0.2, 0.25) is 0 Å². The molecule has 0 spiro atoms. The van der Waals surface area contributed by atoms with E-state index in [1.807, 2.05) is 69.3 Å². The van der Waals surface area contributed by atoms with Gasteiger partial charge >= 0.3 is 0 Å². The first kappa shape index (κ1) is 28.7. The fourth-order valence-electron chi connectivity index (χ4n) is 5.37. The number of hydrogen-bond donors (Lipinski definition) is 1. The molecule has 1 aliphatic heterocycles. The molecule has 1 unspecified atom stereocenters. The standard InChI is InChI=1S/C33H38N2O5/c1-8-34(9-2)23-13-15-24(16-14-23)35-30(22-11-10-12-25(18-22)39-6)29(32(37)33(35)38)31(36)27-19-26(20(3)4)28(40-7)17-21(27)5/h10-20,30,36H,8-9H2,1-7H3/b31-29+. The number of amides is 1. The van der Waals surface area contributed by atoms with Crippen molar-refractivity contribution in [2.75, 3.05) is 37.1 Å². The summed E-state index contributed by atoms with van der Waals surface area (Å²) in [6.45, 7) is 11.8. The first-order chi connectivity index (χ1) is 19.2. The molecule has 7 heteroatoms. The van der Waals surface area contributed by atoms with Crippen LogP contribution in [-0.2, 0) is 9.59 Å². The van der Waals surface area contributed by atoms with Gasteiger partial charge in [-0.3, -0.25) is 14.5 Å². The summed E-state index contributed by atoms with van der Waals surface area (Å²) in [6.07, 6.45) is 0. The fraction of sp³-hybridized carbons (Fsp3) is 0.333. The molecule has 1 atom stereocenters. The van der Waals surface area contributed by atoms with E-state index in [2.05, 4.69) is 18.7 Å². The van der Waals surface area contributed by atoms with Crippen LogP contribution in [0.4, 0.5) is 11.4 Å². The Morgan fingerprint density at radius 2 is 1.65 bits per heavy atom. The topological polar surface area (TPSA) is 79.3 Å². The van der Waals surface area contributed by atoms with Crippen molar-refractivity contribution in [3.63, 3.8) is 0 Å². The molecule has 40 heavy (non-hydrogen) atoms. The predicted octanol–water partition coefficient (Wildman–Crippen LogP) is 6.61. The summed E-state index contributed by atoms with van der Waals surface area (Å²) in [7, 11) is 3.18. The van der Waals surface area contributed by atoms with Gasteiger partial charge in [0.1, 0.15) is 17.3 Å². The number of aliphatic hydroxyl groups excluding tert-OH is 1. The van der Waals surface area contributed by atoms with Crippen LogP contribution in [0.5, 0.6) is 11.5 Å². The number of hydrogen-bond acceptors (Lipinski definition) is 6. The lowest BCUT2D eigenvalue weighted by Gasteiger charge is -2.27. The normalized spacial score (nSPS) is 16.5. The molecule has 0 saturated carbocycles. The molecule has 210 valence electrons. The second-order valence-corrected chi connectivity index (χ2v) is 10.2. The van der Waals surface area contributed by atoms with Crippen LogP contribution in [-0.4, -0.2) is 44.1 Å². The second-order valence-electron chi connectivity index (χ2n) is 10.2. The van der Waals surface area contributed by atoms with Crippen molar-refractivity contribution in [1.29, 1.82) is 0 Å². The molecule has 3 aromatic carbocycles. The largest absolute Gasteiger partial charge is 0.507 e. The van der Waals surface area contributed by atoms with E-state index in [1.54, 1.807) is 26.4 Å². The van der Waals surface area contributed by atoms with E-state index in [9.17, 15) is 14.7 Å². The number of aliphatic hydroxyl groups is 1. The van der Waals surface area contributed by atoms with Gasteiger partial charge in [0.25, 0.3) is 11.7 Å². The number of carbonyl (C=O) groups is 2. The summed E-state index contributed by atoms with van der Waals surface area (Å²) in [4.78, 5) is 31.0. The minimum atomic E-state index is -0.849. The Kier molecular flexibility index (Phi) is 8.52. The predicted molar refractivity (Wildman–Crippen MR) is 160 cm³/mol. The fourth-order valence-corrected chi connectivity index (χ4v) is 5.37. The average molecular weight is 543 g/mol. The van der Waals surface area contributed by atoms with Crippen molar-refractivity contribution in [3.05, 3.63) is 88.5 Å². The average Bonchev–Trinajstić information content (AvgIpc) is 3.23. The summed E-state index contributed by atoms with van der Waals surface area (Å²) < 4.78 is 11.0. The van der Waals surface area contributed by atoms with E-state index in [0.717, 1.165) is 29.9 Å². The lowest BCUT2D eigenvalue weighted by atomic mass is 9.91. The summed E-state index contributed by atoms with van der Waals surface area (Å²) in [6, 6.07) is 17.7. The van der Waals surface area contributed by atoms with Gasteiger partial charge in [0, 0.05) is 30.0 Å². The Bertz CT molecular complexity index is 1440. The Morgan fingerprint density at radius 3 is 2.23 bits per heavy atom. The number of aryl methyl sites for hydroxylation is 1. The molecule has 0 radical (unpaired) electrons. The quantitative estimate of drug-likeness (QED) is 0.186. The summed E-state index contributed by atoms with van der Waals surface area (Å²) in [5.41, 5.74) is 4.41. The molecule has 1 N–H and O–H groups in total. The molecular weight excluding hydrogens is 504 g/mol. The molecule has 1 heterocycles. The zero-order valence-corrected chi connectivity index (χ0v) is 24.3. The van der Waals surface area contributed by atoms with Crippen molar-refractivity contribution in [2.24, 2.45) is 0 Å². The van der Waals surface area contributed by atoms with Gasteiger partial charge in [-0.25, -0.2) is 0 Å². The number of ketones is 1. The van der Waals surface area contributed by atoms with Crippen LogP contribution in [0.3, 0.4) is 0 Å². The second kappa shape index (κ2) is 11.9. The van der Waals surface area contributed by atoms with E-state index in [1.165, 1.54) is 4.90 Å². The molecule has 1 fully saturated rings. The molecule has 1 amide bonds. The van der Waals surface area contributed by atoms with Crippen LogP contribution in [0, 0.1) is 6.92 Å². The molecule has 4 rings (SSSR count). The van der Waals surface area contributed by atoms with E-state index >= 15 is 0 Å². The number of rotatable bonds is 9. The summed E-state index contributed by atoms with van der Waals surface area (Å²) in [5, 5.41) is 11.8. The maximum Gasteiger partial charge on any atom is 0.300 e. The lowest BCUT2D eigenvalue weighted by molar-refractivity contribution is -0.132. The maximum atomic E-state index is 13.7. The number of benzene rings is 3. The molecule has 1 aliphatic rings. The van der Waals surface area contributed by atoms with Crippen molar-refractivity contribution in [2.45, 2.75) is 46.6 Å². The van der Waals surface area contributed by atoms with Crippen molar-refractivity contribution < 1.29 is 24.2 Å². The van der Waals surface area contributed by atoms with Gasteiger partial charge in [-0.2, -0.15) is 0 Å². The number of nitrogens with zero attached hydrogens (tertiary/aromatic N) is 2. The minimum Gasteiger partial charge on any atom is -0.507 e. The van der Waals surface area contributed by atoms with Gasteiger partial charge in [-0.15, -0.1) is 0 Å². The SMILES string of the molecule is CCN(CC)c1ccc(N2C(=O)C(=O)/C(=C(/O)c3cc(C(C)C)c(OC)cc3C)C2c2cccc(OC)c2)cc1. The van der Waals surface area contributed by atoms with E-state index < -0.39 is 17.7 Å². The van der Waals surface area contributed by atoms with E-state index in [0.29, 0.717) is 28.3 Å². The zero-order chi connectivity index (χ0) is 29.1. The van der Waals surface area contributed by atoms with Gasteiger partial charge < -0.3 is 19.5 Å². The highest BCUT2D eigenvalue weighted by Crippen LogP contribution is 2.44. The number of methoxy groups -OCH3 is 2. The molecule has 0 aliphatic carbocycles. The van der Waals surface area contributed by atoms with Crippen molar-refractivity contribution in [3.8, 4) is 11.5 Å². The molecule has 0 bridgehead atoms. The van der Waals surface area contributed by atoms with Gasteiger partial charge in [0.2, 0.25) is 0 Å². The zero-order valence-electron chi connectivity index (χ0n) is 24.3. The molecule has 0 aromatic heterocycles. The van der Waals surface area contributed by atoms with Crippen molar-refractivity contribution >= 4 is 28.8 Å². The maximum absolute atomic E-state index is 13.7. The Hall–Kier alpha value is -4.26. The molecular formula is C33H38N2O5. The lowest BCUT2D eigenvalue weighted by Crippen LogP contribution is -2.29. The monoisotopic (exact) mass is 542 g/mol. The third-order valence-corrected chi connectivity index (χ3v) is 7.56. The van der Waals surface area contributed by atoms with Crippen LogP contribution in [0.15, 0.2) is 66.2 Å². The number of Topliss-reactive ketones (excluding diaryl/α,β-unsaturated/α-hetero) is 1. The molecule has 7 nitrogen and oxygen atoms in total. The highest BCUT2D eigenvalue weighted by Gasteiger charge is 2.47. The first-order valence-electron chi connectivity index (χ1n) is 13.7. The number of anilines is 2. The highest BCUT2D eigenvalue weighted by atomic mass is 16.5. The number of carbonyl (C=O) groups excluding carboxylic acids is 2. The summed E-state index contributed by atoms with van der Waals surface area (Å²) >= 11 is 0. The highest BCUT2D eigenvalue weighted by molar-refractivity contribution is 6.51. The van der Waals surface area contributed by atoms with Crippen LogP contribution in [0.25, 0.3) is 5.76 Å². The van der Waals surface area contributed by atoms with Gasteiger partial charge in [-0.1, -0.05) is 26.0 Å². The van der Waals surface area contributed by atoms with Crippen LogP contribution < -0.4 is 19.3 Å². The minimum absolute atomic E-state index is 0.0362. The summed E-state index contributed by atoms with van der Waals surface area (Å²) in [5.74, 6) is -0.233. The van der Waals surface area contributed by atoms with Gasteiger partial charge in [-0.05, 0) is 91.9 Å². The smallest absolute Gasteiger partial charge is 0.300 e. The van der Waals surface area contributed by atoms with Gasteiger partial charge in [0.15, 0.2) is 0 Å². The Morgan fingerprint density at radius 1 is 0.975 bits per heavy atom. The van der Waals surface area contributed by atoms with Gasteiger partial charge in [0.05, 0.1) is 25.8 Å². The molecule has 1 saturated heterocycles. The van der Waals surface area contributed by atoms with E-state index in [4.69, 9.17) is 9.47 Å². The third kappa shape index (κ3) is 5.16. The number of ether oxygens (including phenoxy) is 2. The van der Waals surface area contributed by atoms with Crippen LogP contribution in [0.1, 0.15) is 61.9 Å². The van der Waals surface area contributed by atoms with E-state index in [-0.39, 0.29) is 17.3 Å². The van der Waals surface area contributed by atoms with Crippen molar-refractivity contribution in [1.82, 2.24) is 0 Å². The third-order valence-electron chi connectivity index (χ3n) is 7.56. The molecule has 3 aromatic rings. The first-order valence-corrected chi connectivity index (χ1v) is 13.7. The van der Waals surface area contributed by atoms with Crippen LogP contribution >= 0.6 is 0 Å². The Balaban J connectivity index is 1.94.